The van der Waals surface area contributed by atoms with E-state index in [1.54, 1.807) is 31.2 Å². The smallest absolute Gasteiger partial charge is 0.248 e. The SMILES string of the molecule is CC(N)(C(=O)Nc1cc(C#N)ccc1Cl)c1ccccc1. The molecule has 0 aliphatic heterocycles. The first-order valence-electron chi connectivity index (χ1n) is 6.30. The van der Waals surface area contributed by atoms with Crippen molar-refractivity contribution in [3.8, 4) is 6.07 Å². The number of hydrogen-bond donors (Lipinski definition) is 2. The molecule has 1 atom stereocenters. The maximum absolute atomic E-state index is 12.4. The van der Waals surface area contributed by atoms with Gasteiger partial charge in [-0.2, -0.15) is 5.26 Å². The quantitative estimate of drug-likeness (QED) is 0.914. The van der Waals surface area contributed by atoms with Gasteiger partial charge in [-0.1, -0.05) is 41.9 Å². The molecule has 2 rings (SSSR count). The zero-order valence-corrected chi connectivity index (χ0v) is 12.2. The van der Waals surface area contributed by atoms with Crippen molar-refractivity contribution in [2.24, 2.45) is 5.73 Å². The van der Waals surface area contributed by atoms with E-state index < -0.39 is 11.4 Å². The van der Waals surface area contributed by atoms with Gasteiger partial charge in [0, 0.05) is 0 Å². The molecule has 1 unspecified atom stereocenters. The highest BCUT2D eigenvalue weighted by Crippen LogP contribution is 2.25. The summed E-state index contributed by atoms with van der Waals surface area (Å²) in [5.74, 6) is -0.398. The predicted molar refractivity (Wildman–Crippen MR) is 82.8 cm³/mol. The topological polar surface area (TPSA) is 78.9 Å². The molecule has 0 aliphatic rings. The number of anilines is 1. The van der Waals surface area contributed by atoms with E-state index in [9.17, 15) is 4.79 Å². The third-order valence-electron chi connectivity index (χ3n) is 3.19. The van der Waals surface area contributed by atoms with E-state index in [0.717, 1.165) is 0 Å². The minimum atomic E-state index is -1.20. The monoisotopic (exact) mass is 299 g/mol. The van der Waals surface area contributed by atoms with Gasteiger partial charge in [0.05, 0.1) is 22.3 Å². The minimum absolute atomic E-state index is 0.353. The molecule has 2 aromatic rings. The van der Waals surface area contributed by atoms with Crippen LogP contribution in [0, 0.1) is 11.3 Å². The molecule has 0 fully saturated rings. The number of carbonyl (C=O) groups is 1. The molecule has 5 heteroatoms. The Balaban J connectivity index is 2.28. The molecule has 3 N–H and O–H groups in total. The second kappa shape index (κ2) is 5.96. The molecule has 106 valence electrons. The van der Waals surface area contributed by atoms with Crippen LogP contribution in [-0.2, 0) is 10.3 Å². The van der Waals surface area contributed by atoms with Gasteiger partial charge in [0.15, 0.2) is 0 Å². The maximum atomic E-state index is 12.4. The predicted octanol–water partition coefficient (Wildman–Crippen LogP) is 3.02. The largest absolute Gasteiger partial charge is 0.323 e. The molecule has 0 heterocycles. The Morgan fingerprint density at radius 3 is 2.57 bits per heavy atom. The van der Waals surface area contributed by atoms with Gasteiger partial charge in [-0.15, -0.1) is 0 Å². The molecular weight excluding hydrogens is 286 g/mol. The summed E-state index contributed by atoms with van der Waals surface area (Å²) in [5.41, 5.74) is 6.40. The number of nitrogens with two attached hydrogens (primary N) is 1. The molecule has 0 bridgehead atoms. The van der Waals surface area contributed by atoms with E-state index in [-0.39, 0.29) is 0 Å². The van der Waals surface area contributed by atoms with Crippen LogP contribution < -0.4 is 11.1 Å². The number of amides is 1. The molecule has 4 nitrogen and oxygen atoms in total. The van der Waals surface area contributed by atoms with Gasteiger partial charge in [0.2, 0.25) is 5.91 Å². The van der Waals surface area contributed by atoms with Crippen LogP contribution in [0.15, 0.2) is 48.5 Å². The van der Waals surface area contributed by atoms with Crippen LogP contribution in [-0.4, -0.2) is 5.91 Å². The van der Waals surface area contributed by atoms with Crippen LogP contribution in [0.4, 0.5) is 5.69 Å². The molecule has 0 saturated carbocycles. The van der Waals surface area contributed by atoms with E-state index in [1.807, 2.05) is 24.3 Å². The standard InChI is InChI=1S/C16H14ClN3O/c1-16(19,12-5-3-2-4-6-12)15(21)20-14-9-11(10-18)7-8-13(14)17/h2-9H,19H2,1H3,(H,20,21). The van der Waals surface area contributed by atoms with Crippen LogP contribution in [0.1, 0.15) is 18.1 Å². The van der Waals surface area contributed by atoms with Crippen LogP contribution >= 0.6 is 11.6 Å². The average molecular weight is 300 g/mol. The first-order chi connectivity index (χ1) is 9.95. The maximum Gasteiger partial charge on any atom is 0.248 e. The zero-order valence-electron chi connectivity index (χ0n) is 11.4. The van der Waals surface area contributed by atoms with Crippen molar-refractivity contribution < 1.29 is 4.79 Å². The van der Waals surface area contributed by atoms with Gasteiger partial charge in [0.1, 0.15) is 5.54 Å². The Bertz CT molecular complexity index is 705. The molecule has 2 aromatic carbocycles. The fourth-order valence-corrected chi connectivity index (χ4v) is 2.02. The molecule has 0 radical (unpaired) electrons. The number of nitriles is 1. The summed E-state index contributed by atoms with van der Waals surface area (Å²) in [7, 11) is 0. The molecule has 0 saturated heterocycles. The summed E-state index contributed by atoms with van der Waals surface area (Å²) in [5, 5.41) is 11.9. The summed E-state index contributed by atoms with van der Waals surface area (Å²) in [6, 6.07) is 15.7. The minimum Gasteiger partial charge on any atom is -0.323 e. The van der Waals surface area contributed by atoms with Gasteiger partial charge >= 0.3 is 0 Å². The van der Waals surface area contributed by atoms with E-state index >= 15 is 0 Å². The van der Waals surface area contributed by atoms with Crippen molar-refractivity contribution in [2.45, 2.75) is 12.5 Å². The van der Waals surface area contributed by atoms with E-state index in [4.69, 9.17) is 22.6 Å². The van der Waals surface area contributed by atoms with Gasteiger partial charge in [0.25, 0.3) is 0 Å². The lowest BCUT2D eigenvalue weighted by molar-refractivity contribution is -0.120. The van der Waals surface area contributed by atoms with Crippen molar-refractivity contribution in [3.05, 3.63) is 64.7 Å². The number of hydrogen-bond acceptors (Lipinski definition) is 3. The van der Waals surface area contributed by atoms with Crippen molar-refractivity contribution in [1.29, 1.82) is 5.26 Å². The van der Waals surface area contributed by atoms with E-state index in [0.29, 0.717) is 21.8 Å². The third-order valence-corrected chi connectivity index (χ3v) is 3.52. The van der Waals surface area contributed by atoms with Gasteiger partial charge in [-0.05, 0) is 30.7 Å². The number of benzene rings is 2. The number of rotatable bonds is 3. The van der Waals surface area contributed by atoms with Crippen LogP contribution in [0.3, 0.4) is 0 Å². The van der Waals surface area contributed by atoms with E-state index in [1.165, 1.54) is 6.07 Å². The lowest BCUT2D eigenvalue weighted by Crippen LogP contribution is -2.45. The second-order valence-electron chi connectivity index (χ2n) is 4.83. The highest BCUT2D eigenvalue weighted by molar-refractivity contribution is 6.33. The summed E-state index contributed by atoms with van der Waals surface area (Å²) in [6.07, 6.45) is 0. The van der Waals surface area contributed by atoms with Crippen LogP contribution in [0.5, 0.6) is 0 Å². The second-order valence-corrected chi connectivity index (χ2v) is 5.24. The number of nitrogens with one attached hydrogen (secondary N) is 1. The van der Waals surface area contributed by atoms with E-state index in [2.05, 4.69) is 5.32 Å². The van der Waals surface area contributed by atoms with Gasteiger partial charge in [-0.3, -0.25) is 4.79 Å². The molecule has 1 amide bonds. The van der Waals surface area contributed by atoms with Crippen LogP contribution in [0.25, 0.3) is 0 Å². The fraction of sp³-hybridized carbons (Fsp3) is 0.125. The molecule has 0 aliphatic carbocycles. The van der Waals surface area contributed by atoms with Crippen molar-refractivity contribution in [1.82, 2.24) is 0 Å². The highest BCUT2D eigenvalue weighted by Gasteiger charge is 2.30. The molecule has 0 spiro atoms. The summed E-state index contributed by atoms with van der Waals surface area (Å²) in [6.45, 7) is 1.62. The first-order valence-corrected chi connectivity index (χ1v) is 6.68. The Labute approximate surface area is 128 Å². The Morgan fingerprint density at radius 2 is 1.95 bits per heavy atom. The summed E-state index contributed by atoms with van der Waals surface area (Å²) in [4.78, 5) is 12.4. The van der Waals surface area contributed by atoms with Crippen molar-refractivity contribution >= 4 is 23.2 Å². The normalized spacial score (nSPS) is 13.0. The summed E-state index contributed by atoms with van der Waals surface area (Å²) < 4.78 is 0. The Hall–Kier alpha value is -2.35. The highest BCUT2D eigenvalue weighted by atomic mass is 35.5. The van der Waals surface area contributed by atoms with Crippen molar-refractivity contribution in [2.75, 3.05) is 5.32 Å². The Kier molecular flexibility index (Phi) is 4.27. The third kappa shape index (κ3) is 3.22. The van der Waals surface area contributed by atoms with Gasteiger partial charge in [-0.25, -0.2) is 0 Å². The molecular formula is C16H14ClN3O. The fourth-order valence-electron chi connectivity index (χ4n) is 1.86. The van der Waals surface area contributed by atoms with Crippen LogP contribution in [0.2, 0.25) is 5.02 Å². The zero-order chi connectivity index (χ0) is 15.5. The number of nitrogens with zero attached hydrogens (tertiary/aromatic N) is 1. The Morgan fingerprint density at radius 1 is 1.29 bits per heavy atom. The lowest BCUT2D eigenvalue weighted by Gasteiger charge is -2.24. The van der Waals surface area contributed by atoms with Gasteiger partial charge < -0.3 is 11.1 Å². The lowest BCUT2D eigenvalue weighted by atomic mass is 9.92. The average Bonchev–Trinajstić information content (AvgIpc) is 2.50. The number of halogens is 1. The molecule has 0 aromatic heterocycles. The summed E-state index contributed by atoms with van der Waals surface area (Å²) >= 11 is 6.03. The van der Waals surface area contributed by atoms with Crippen molar-refractivity contribution in [3.63, 3.8) is 0 Å². The number of carbonyl (C=O) groups excluding carboxylic acids is 1. The first kappa shape index (κ1) is 15.0. The molecule has 21 heavy (non-hydrogen) atoms.